The number of hydrogen-bond donors (Lipinski definition) is 1. The first-order valence-corrected chi connectivity index (χ1v) is 9.95. The zero-order valence-electron chi connectivity index (χ0n) is 16.4. The summed E-state index contributed by atoms with van der Waals surface area (Å²) in [7, 11) is 1.61. The molecule has 1 amide bonds. The van der Waals surface area contributed by atoms with Crippen LogP contribution in [0.15, 0.2) is 24.3 Å². The number of carbonyl (C=O) groups excluding carboxylic acids is 1. The van der Waals surface area contributed by atoms with Gasteiger partial charge in [0.25, 0.3) is 0 Å². The summed E-state index contributed by atoms with van der Waals surface area (Å²) in [5.74, 6) is -10.5. The standard InChI is InChI=1S/C21H22F5N3O/c1-29-19(27-17(30)10-14-11-20(23,24)21(14,25)26)18(12-6-4-7-12)16(28-29)9-13-5-2-3-8-15(13)22/h2-3,5,8,12,14H,4,6-7,9-11H2,1H3,(H,27,30)/t14-/m1/s1. The summed E-state index contributed by atoms with van der Waals surface area (Å²) in [6, 6.07) is 6.33. The first-order chi connectivity index (χ1) is 14.1. The van der Waals surface area contributed by atoms with Crippen LogP contribution in [-0.4, -0.2) is 27.5 Å². The molecule has 2 fully saturated rings. The Morgan fingerprint density at radius 1 is 1.23 bits per heavy atom. The summed E-state index contributed by atoms with van der Waals surface area (Å²) in [6.45, 7) is 0. The Labute approximate surface area is 170 Å². The highest BCUT2D eigenvalue weighted by molar-refractivity contribution is 5.91. The number of benzene rings is 1. The lowest BCUT2D eigenvalue weighted by Gasteiger charge is -2.43. The van der Waals surface area contributed by atoms with Crippen LogP contribution in [0.5, 0.6) is 0 Å². The Kier molecular flexibility index (Phi) is 5.10. The van der Waals surface area contributed by atoms with Crippen LogP contribution in [-0.2, 0) is 18.3 Å². The highest BCUT2D eigenvalue weighted by atomic mass is 19.3. The summed E-state index contributed by atoms with van der Waals surface area (Å²) in [6.07, 6.45) is 1.30. The first kappa shape index (κ1) is 20.8. The van der Waals surface area contributed by atoms with Crippen molar-refractivity contribution in [3.05, 3.63) is 46.9 Å². The van der Waals surface area contributed by atoms with Gasteiger partial charge in [-0.25, -0.2) is 4.39 Å². The third-order valence-electron chi connectivity index (χ3n) is 6.18. The molecular formula is C21H22F5N3O. The van der Waals surface area contributed by atoms with Crippen molar-refractivity contribution < 1.29 is 26.7 Å². The van der Waals surface area contributed by atoms with E-state index in [2.05, 4.69) is 10.4 Å². The fourth-order valence-corrected chi connectivity index (χ4v) is 4.17. The fourth-order valence-electron chi connectivity index (χ4n) is 4.17. The molecule has 0 saturated heterocycles. The highest BCUT2D eigenvalue weighted by Gasteiger charge is 2.71. The molecule has 2 saturated carbocycles. The van der Waals surface area contributed by atoms with Crippen LogP contribution < -0.4 is 5.32 Å². The molecule has 1 aromatic heterocycles. The molecule has 0 radical (unpaired) electrons. The Hall–Kier alpha value is -2.45. The minimum atomic E-state index is -4.18. The summed E-state index contributed by atoms with van der Waals surface area (Å²) in [5, 5.41) is 7.04. The van der Waals surface area contributed by atoms with E-state index in [9.17, 15) is 26.7 Å². The van der Waals surface area contributed by atoms with Gasteiger partial charge in [0.05, 0.1) is 5.69 Å². The Morgan fingerprint density at radius 3 is 2.50 bits per heavy atom. The lowest BCUT2D eigenvalue weighted by molar-refractivity contribution is -0.313. The van der Waals surface area contributed by atoms with Crippen molar-refractivity contribution in [1.82, 2.24) is 9.78 Å². The van der Waals surface area contributed by atoms with Gasteiger partial charge in [-0.1, -0.05) is 24.6 Å². The van der Waals surface area contributed by atoms with Crippen LogP contribution >= 0.6 is 0 Å². The van der Waals surface area contributed by atoms with E-state index in [0.29, 0.717) is 17.1 Å². The molecule has 2 aliphatic carbocycles. The quantitative estimate of drug-likeness (QED) is 0.657. The largest absolute Gasteiger partial charge is 0.313 e. The molecule has 0 bridgehead atoms. The van der Waals surface area contributed by atoms with Gasteiger partial charge in [-0.2, -0.15) is 22.7 Å². The molecule has 0 unspecified atom stereocenters. The number of carbonyl (C=O) groups is 1. The van der Waals surface area contributed by atoms with Crippen LogP contribution in [0, 0.1) is 11.7 Å². The summed E-state index contributed by atoms with van der Waals surface area (Å²) < 4.78 is 68.7. The first-order valence-electron chi connectivity index (χ1n) is 9.95. The van der Waals surface area contributed by atoms with Crippen LogP contribution in [0.4, 0.5) is 27.8 Å². The van der Waals surface area contributed by atoms with Gasteiger partial charge in [0, 0.05) is 37.8 Å². The van der Waals surface area contributed by atoms with Crippen molar-refractivity contribution in [1.29, 1.82) is 0 Å². The van der Waals surface area contributed by atoms with Gasteiger partial charge in [-0.05, 0) is 30.4 Å². The third-order valence-corrected chi connectivity index (χ3v) is 6.18. The number of nitrogens with one attached hydrogen (secondary N) is 1. The summed E-state index contributed by atoms with van der Waals surface area (Å²) in [4.78, 5) is 12.4. The van der Waals surface area contributed by atoms with Gasteiger partial charge in [0.2, 0.25) is 5.91 Å². The van der Waals surface area contributed by atoms with Gasteiger partial charge >= 0.3 is 11.8 Å². The minimum Gasteiger partial charge on any atom is -0.311 e. The molecule has 0 aliphatic heterocycles. The number of alkyl halides is 4. The normalized spacial score (nSPS) is 22.3. The molecule has 9 heteroatoms. The number of anilines is 1. The zero-order valence-corrected chi connectivity index (χ0v) is 16.4. The van der Waals surface area contributed by atoms with Gasteiger partial charge in [-0.3, -0.25) is 9.48 Å². The van der Waals surface area contributed by atoms with Crippen molar-refractivity contribution in [3.63, 3.8) is 0 Å². The number of hydrogen-bond acceptors (Lipinski definition) is 2. The Morgan fingerprint density at radius 2 is 1.93 bits per heavy atom. The second-order valence-electron chi connectivity index (χ2n) is 8.21. The van der Waals surface area contributed by atoms with E-state index in [1.165, 1.54) is 10.7 Å². The number of amides is 1. The summed E-state index contributed by atoms with van der Waals surface area (Å²) >= 11 is 0. The van der Waals surface area contributed by atoms with E-state index in [4.69, 9.17) is 0 Å². The number of nitrogens with zero attached hydrogens (tertiary/aromatic N) is 2. The lowest BCUT2D eigenvalue weighted by Crippen LogP contribution is -2.59. The molecule has 4 rings (SSSR count). The second kappa shape index (κ2) is 7.35. The monoisotopic (exact) mass is 427 g/mol. The molecule has 1 aromatic carbocycles. The Balaban J connectivity index is 1.55. The molecule has 4 nitrogen and oxygen atoms in total. The SMILES string of the molecule is Cn1nc(Cc2ccccc2F)c(C2CCC2)c1NC(=O)C[C@@H]1CC(F)(F)C1(F)F. The molecule has 2 aliphatic rings. The maximum atomic E-state index is 14.1. The van der Waals surface area contributed by atoms with Crippen molar-refractivity contribution in [2.24, 2.45) is 13.0 Å². The molecule has 1 heterocycles. The molecule has 162 valence electrons. The molecule has 2 aromatic rings. The maximum Gasteiger partial charge on any atom is 0.313 e. The van der Waals surface area contributed by atoms with Gasteiger partial charge < -0.3 is 5.32 Å². The second-order valence-corrected chi connectivity index (χ2v) is 8.21. The van der Waals surface area contributed by atoms with Gasteiger partial charge in [0.15, 0.2) is 0 Å². The topological polar surface area (TPSA) is 46.9 Å². The zero-order chi connectivity index (χ0) is 21.7. The van der Waals surface area contributed by atoms with Crippen molar-refractivity contribution in [2.75, 3.05) is 5.32 Å². The average Bonchev–Trinajstić information content (AvgIpc) is 2.90. The van der Waals surface area contributed by atoms with Gasteiger partial charge in [-0.15, -0.1) is 0 Å². The van der Waals surface area contributed by atoms with Gasteiger partial charge in [0.1, 0.15) is 11.6 Å². The number of aryl methyl sites for hydroxylation is 1. The minimum absolute atomic E-state index is 0.130. The lowest BCUT2D eigenvalue weighted by atomic mass is 9.74. The summed E-state index contributed by atoms with van der Waals surface area (Å²) in [5.41, 5.74) is 1.85. The predicted octanol–water partition coefficient (Wildman–Crippen LogP) is 5.04. The van der Waals surface area contributed by atoms with Crippen LogP contribution in [0.1, 0.15) is 54.8 Å². The van der Waals surface area contributed by atoms with E-state index in [1.807, 2.05) is 0 Å². The predicted molar refractivity (Wildman–Crippen MR) is 100 cm³/mol. The van der Waals surface area contributed by atoms with Crippen LogP contribution in [0.3, 0.4) is 0 Å². The maximum absolute atomic E-state index is 14.1. The average molecular weight is 427 g/mol. The molecular weight excluding hydrogens is 405 g/mol. The van der Waals surface area contributed by atoms with E-state index in [-0.39, 0.29) is 18.2 Å². The van der Waals surface area contributed by atoms with Crippen molar-refractivity contribution in [3.8, 4) is 0 Å². The van der Waals surface area contributed by atoms with Crippen LogP contribution in [0.2, 0.25) is 0 Å². The van der Waals surface area contributed by atoms with Crippen LogP contribution in [0.25, 0.3) is 0 Å². The van der Waals surface area contributed by atoms with E-state index < -0.39 is 36.5 Å². The van der Waals surface area contributed by atoms with E-state index in [1.54, 1.807) is 25.2 Å². The van der Waals surface area contributed by atoms with Crippen molar-refractivity contribution in [2.45, 2.75) is 56.3 Å². The highest BCUT2D eigenvalue weighted by Crippen LogP contribution is 2.56. The van der Waals surface area contributed by atoms with E-state index >= 15 is 0 Å². The fraction of sp³-hybridized carbons (Fsp3) is 0.524. The molecule has 0 spiro atoms. The number of rotatable bonds is 6. The Bertz CT molecular complexity index is 968. The molecule has 30 heavy (non-hydrogen) atoms. The third kappa shape index (κ3) is 3.48. The number of halogens is 5. The number of aromatic nitrogens is 2. The molecule has 1 N–H and O–H groups in total. The van der Waals surface area contributed by atoms with E-state index in [0.717, 1.165) is 24.8 Å². The smallest absolute Gasteiger partial charge is 0.311 e. The molecule has 1 atom stereocenters. The van der Waals surface area contributed by atoms with Crippen molar-refractivity contribution >= 4 is 11.7 Å².